The quantitative estimate of drug-likeness (QED) is 0.687. The van der Waals surface area contributed by atoms with E-state index in [2.05, 4.69) is 0 Å². The van der Waals surface area contributed by atoms with Crippen LogP contribution in [0.2, 0.25) is 0 Å². The lowest BCUT2D eigenvalue weighted by molar-refractivity contribution is -0.137. The van der Waals surface area contributed by atoms with Gasteiger partial charge in [0.1, 0.15) is 0 Å². The molecule has 0 spiro atoms. The minimum absolute atomic E-state index is 0.0186. The van der Waals surface area contributed by atoms with Crippen molar-refractivity contribution in [3.05, 3.63) is 0 Å². The van der Waals surface area contributed by atoms with Crippen molar-refractivity contribution in [2.45, 2.75) is 26.8 Å². The second kappa shape index (κ2) is 3.03. The van der Waals surface area contributed by atoms with Gasteiger partial charge in [-0.3, -0.25) is 14.0 Å². The molecular formula is C11H16FNO2. The fraction of sp³-hybridized carbons (Fsp3) is 0.818. The van der Waals surface area contributed by atoms with Gasteiger partial charge in [0.2, 0.25) is 5.91 Å². The van der Waals surface area contributed by atoms with Crippen molar-refractivity contribution in [2.75, 3.05) is 13.2 Å². The predicted octanol–water partition coefficient (Wildman–Crippen LogP) is 1.03. The van der Waals surface area contributed by atoms with E-state index in [9.17, 15) is 14.0 Å². The summed E-state index contributed by atoms with van der Waals surface area (Å²) in [5, 5.41) is 0. The van der Waals surface area contributed by atoms with Crippen LogP contribution in [0.5, 0.6) is 0 Å². The van der Waals surface area contributed by atoms with Gasteiger partial charge in [0.15, 0.2) is 5.78 Å². The number of hydrogen-bond donors (Lipinski definition) is 0. The Morgan fingerprint density at radius 2 is 2.07 bits per heavy atom. The summed E-state index contributed by atoms with van der Waals surface area (Å²) in [6, 6.07) is -0.381. The van der Waals surface area contributed by atoms with Crippen molar-refractivity contribution in [1.29, 1.82) is 0 Å². The Morgan fingerprint density at radius 1 is 1.47 bits per heavy atom. The number of nitrogens with zero attached hydrogens (tertiary/aromatic N) is 1. The van der Waals surface area contributed by atoms with E-state index in [1.807, 2.05) is 6.92 Å². The number of ketones is 1. The molecule has 1 heterocycles. The Labute approximate surface area is 88.6 Å². The zero-order valence-electron chi connectivity index (χ0n) is 9.29. The molecule has 1 aliphatic heterocycles. The maximum Gasteiger partial charge on any atom is 0.220 e. The van der Waals surface area contributed by atoms with Crippen molar-refractivity contribution in [1.82, 2.24) is 4.90 Å². The predicted molar refractivity (Wildman–Crippen MR) is 52.9 cm³/mol. The van der Waals surface area contributed by atoms with Crippen LogP contribution in [0.4, 0.5) is 4.39 Å². The van der Waals surface area contributed by atoms with Gasteiger partial charge in [0, 0.05) is 18.9 Å². The standard InChI is InChI=1S/C11H16FNO2/c1-6(14)10-9-8(11(9,3)5-12)4-13(10)7(2)15/h8-10H,4-5H2,1-3H3/t8-,9-,10+,11?/m0/s1. The molecule has 1 unspecified atom stereocenters. The largest absolute Gasteiger partial charge is 0.332 e. The van der Waals surface area contributed by atoms with Gasteiger partial charge in [-0.15, -0.1) is 0 Å². The number of hydrogen-bond acceptors (Lipinski definition) is 2. The summed E-state index contributed by atoms with van der Waals surface area (Å²) in [4.78, 5) is 24.4. The number of halogens is 1. The van der Waals surface area contributed by atoms with Gasteiger partial charge >= 0.3 is 0 Å². The van der Waals surface area contributed by atoms with Crippen LogP contribution in [0, 0.1) is 17.3 Å². The second-order valence-corrected chi connectivity index (χ2v) is 5.00. The molecule has 0 radical (unpaired) electrons. The third-order valence-electron chi connectivity index (χ3n) is 4.11. The molecule has 0 aromatic carbocycles. The number of carbonyl (C=O) groups excluding carboxylic acids is 2. The molecule has 2 rings (SSSR count). The molecule has 0 aromatic heterocycles. The molecule has 3 nitrogen and oxygen atoms in total. The van der Waals surface area contributed by atoms with E-state index in [1.54, 1.807) is 4.90 Å². The SMILES string of the molecule is CC(=O)[C@@H]1[C@@H]2[C@H](CN1C(C)=O)C2(C)CF. The third-order valence-corrected chi connectivity index (χ3v) is 4.11. The molecule has 1 saturated heterocycles. The lowest BCUT2D eigenvalue weighted by atomic mass is 9.98. The number of carbonyl (C=O) groups is 2. The smallest absolute Gasteiger partial charge is 0.220 e. The van der Waals surface area contributed by atoms with E-state index in [0.717, 1.165) is 0 Å². The molecule has 4 atom stereocenters. The minimum Gasteiger partial charge on any atom is -0.332 e. The van der Waals surface area contributed by atoms with Crippen molar-refractivity contribution in [3.8, 4) is 0 Å². The molecule has 15 heavy (non-hydrogen) atoms. The minimum atomic E-state index is -0.391. The molecule has 1 amide bonds. The highest BCUT2D eigenvalue weighted by atomic mass is 19.1. The van der Waals surface area contributed by atoms with Crippen molar-refractivity contribution in [3.63, 3.8) is 0 Å². The number of fused-ring (bicyclic) bond motifs is 1. The highest BCUT2D eigenvalue weighted by Gasteiger charge is 2.70. The van der Waals surface area contributed by atoms with Crippen LogP contribution in [0.25, 0.3) is 0 Å². The first-order valence-electron chi connectivity index (χ1n) is 5.27. The molecular weight excluding hydrogens is 197 g/mol. The summed E-state index contributed by atoms with van der Waals surface area (Å²) in [5.41, 5.74) is -0.359. The molecule has 1 saturated carbocycles. The summed E-state index contributed by atoms with van der Waals surface area (Å²) in [6.45, 7) is 4.98. The third kappa shape index (κ3) is 1.23. The van der Waals surface area contributed by atoms with Crippen molar-refractivity contribution >= 4 is 11.7 Å². The van der Waals surface area contributed by atoms with E-state index >= 15 is 0 Å². The fourth-order valence-corrected chi connectivity index (χ4v) is 3.11. The Balaban J connectivity index is 2.22. The van der Waals surface area contributed by atoms with Crippen LogP contribution in [-0.4, -0.2) is 35.9 Å². The molecule has 2 fully saturated rings. The van der Waals surface area contributed by atoms with Gasteiger partial charge in [-0.25, -0.2) is 0 Å². The highest BCUT2D eigenvalue weighted by molar-refractivity contribution is 5.88. The monoisotopic (exact) mass is 213 g/mol. The van der Waals surface area contributed by atoms with Crippen LogP contribution in [-0.2, 0) is 9.59 Å². The molecule has 2 aliphatic rings. The summed E-state index contributed by atoms with van der Waals surface area (Å²) < 4.78 is 12.8. The van der Waals surface area contributed by atoms with E-state index in [0.29, 0.717) is 6.54 Å². The molecule has 1 aliphatic carbocycles. The van der Waals surface area contributed by atoms with Gasteiger partial charge in [-0.1, -0.05) is 6.92 Å². The summed E-state index contributed by atoms with van der Waals surface area (Å²) >= 11 is 0. The zero-order valence-corrected chi connectivity index (χ0v) is 9.29. The van der Waals surface area contributed by atoms with E-state index < -0.39 is 6.67 Å². The van der Waals surface area contributed by atoms with E-state index in [4.69, 9.17) is 0 Å². The van der Waals surface area contributed by atoms with Gasteiger partial charge in [0.05, 0.1) is 12.7 Å². The van der Waals surface area contributed by atoms with Crippen molar-refractivity contribution in [2.24, 2.45) is 17.3 Å². The van der Waals surface area contributed by atoms with E-state index in [1.165, 1.54) is 13.8 Å². The average Bonchev–Trinajstić information content (AvgIpc) is 2.61. The van der Waals surface area contributed by atoms with Gasteiger partial charge in [-0.05, 0) is 18.8 Å². The van der Waals surface area contributed by atoms with Crippen molar-refractivity contribution < 1.29 is 14.0 Å². The van der Waals surface area contributed by atoms with Gasteiger partial charge < -0.3 is 4.90 Å². The summed E-state index contributed by atoms with van der Waals surface area (Å²) in [5.74, 6) is 0.127. The van der Waals surface area contributed by atoms with Crippen LogP contribution < -0.4 is 0 Å². The Hall–Kier alpha value is -0.930. The lowest BCUT2D eigenvalue weighted by Gasteiger charge is -2.28. The normalized spacial score (nSPS) is 42.7. The molecule has 4 heteroatoms. The molecule has 0 aromatic rings. The summed E-state index contributed by atoms with van der Waals surface area (Å²) in [7, 11) is 0. The topological polar surface area (TPSA) is 37.4 Å². The Morgan fingerprint density at radius 3 is 2.47 bits per heavy atom. The lowest BCUT2D eigenvalue weighted by Crippen LogP contribution is -2.44. The number of Topliss-reactive ketones (excluding diaryl/α,β-unsaturated/α-hetero) is 1. The van der Waals surface area contributed by atoms with Gasteiger partial charge in [0.25, 0.3) is 0 Å². The van der Waals surface area contributed by atoms with Crippen LogP contribution in [0.1, 0.15) is 20.8 Å². The first-order chi connectivity index (χ1) is 6.93. The maximum atomic E-state index is 12.8. The second-order valence-electron chi connectivity index (χ2n) is 5.00. The summed E-state index contributed by atoms with van der Waals surface area (Å²) in [6.07, 6.45) is 0. The molecule has 0 bridgehead atoms. The molecule has 84 valence electrons. The van der Waals surface area contributed by atoms with Crippen LogP contribution in [0.3, 0.4) is 0 Å². The number of likely N-dealkylation sites (tertiary alicyclic amines) is 1. The van der Waals surface area contributed by atoms with Crippen LogP contribution >= 0.6 is 0 Å². The zero-order chi connectivity index (χ0) is 11.4. The Kier molecular flexibility index (Phi) is 2.14. The fourth-order valence-electron chi connectivity index (χ4n) is 3.11. The van der Waals surface area contributed by atoms with Crippen LogP contribution in [0.15, 0.2) is 0 Å². The molecule has 0 N–H and O–H groups in total. The maximum absolute atomic E-state index is 12.8. The van der Waals surface area contributed by atoms with E-state index in [-0.39, 0.29) is 35.0 Å². The van der Waals surface area contributed by atoms with Gasteiger partial charge in [-0.2, -0.15) is 0 Å². The highest BCUT2D eigenvalue weighted by Crippen LogP contribution is 2.65. The number of alkyl halides is 1. The Bertz CT molecular complexity index is 331. The average molecular weight is 213 g/mol. The number of rotatable bonds is 2. The first kappa shape index (κ1) is 10.6. The first-order valence-corrected chi connectivity index (χ1v) is 5.27. The number of piperidine rings is 1. The number of amides is 1.